The molecule has 0 bridgehead atoms. The molecule has 0 heterocycles. The van der Waals surface area contributed by atoms with E-state index < -0.39 is 15.2 Å². The van der Waals surface area contributed by atoms with E-state index in [1.54, 1.807) is 0 Å². The highest BCUT2D eigenvalue weighted by Crippen LogP contribution is 1.95. The molecule has 0 atom stereocenters. The quantitative estimate of drug-likeness (QED) is 0.421. The van der Waals surface area contributed by atoms with Crippen LogP contribution in [0.25, 0.3) is 0 Å². The van der Waals surface area contributed by atoms with E-state index >= 15 is 0 Å². The van der Waals surface area contributed by atoms with Gasteiger partial charge in [-0.25, -0.2) is 0 Å². The molecule has 0 radical (unpaired) electrons. The van der Waals surface area contributed by atoms with E-state index in [9.17, 15) is 13.2 Å². The second-order valence-electron chi connectivity index (χ2n) is 1.54. The molecule has 5 heteroatoms. The second-order valence-corrected chi connectivity index (χ2v) is 2.86. The van der Waals surface area contributed by atoms with Crippen LogP contribution in [0, 0.1) is 0 Å². The van der Waals surface area contributed by atoms with Gasteiger partial charge in [0, 0.05) is 5.57 Å². The second kappa shape index (κ2) is 2.28. The predicted octanol–water partition coefficient (Wildman–Crippen LogP) is -0.0231. The van der Waals surface area contributed by atoms with Gasteiger partial charge >= 0.3 is 10.1 Å². The van der Waals surface area contributed by atoms with Gasteiger partial charge in [0.25, 0.3) is 5.12 Å². The standard InChI is InChI=1S/C4H6O4S/c1-3(2)4(5)9(6,7)8/h1H2,2H3,(H,6,7,8). The Morgan fingerprint density at radius 2 is 1.89 bits per heavy atom. The van der Waals surface area contributed by atoms with Crippen LogP contribution in [0.1, 0.15) is 6.92 Å². The molecule has 0 aliphatic heterocycles. The molecule has 0 spiro atoms. The summed E-state index contributed by atoms with van der Waals surface area (Å²) in [6.45, 7) is 4.24. The van der Waals surface area contributed by atoms with Crippen molar-refractivity contribution in [1.82, 2.24) is 0 Å². The SMILES string of the molecule is C=C(C)C(=O)S(=O)(=O)O. The van der Waals surface area contributed by atoms with Crippen LogP contribution in [-0.4, -0.2) is 18.1 Å². The van der Waals surface area contributed by atoms with Crippen molar-refractivity contribution < 1.29 is 17.8 Å². The van der Waals surface area contributed by atoms with E-state index in [1.807, 2.05) is 0 Å². The van der Waals surface area contributed by atoms with Crippen molar-refractivity contribution in [3.05, 3.63) is 12.2 Å². The maximum Gasteiger partial charge on any atom is 0.333 e. The van der Waals surface area contributed by atoms with Crippen LogP contribution >= 0.6 is 0 Å². The first kappa shape index (κ1) is 8.32. The van der Waals surface area contributed by atoms with Crippen LogP contribution < -0.4 is 0 Å². The summed E-state index contributed by atoms with van der Waals surface area (Å²) in [5, 5.41) is -1.33. The van der Waals surface area contributed by atoms with E-state index in [0.29, 0.717) is 0 Å². The molecular weight excluding hydrogens is 144 g/mol. The fourth-order valence-electron chi connectivity index (χ4n) is 0.220. The Morgan fingerprint density at radius 3 is 1.89 bits per heavy atom. The largest absolute Gasteiger partial charge is 0.333 e. The normalized spacial score (nSPS) is 10.9. The van der Waals surface area contributed by atoms with E-state index in [1.165, 1.54) is 6.92 Å². The lowest BCUT2D eigenvalue weighted by Crippen LogP contribution is -2.13. The lowest BCUT2D eigenvalue weighted by atomic mass is 10.4. The molecule has 0 aliphatic rings. The topological polar surface area (TPSA) is 71.4 Å². The number of rotatable bonds is 1. The highest BCUT2D eigenvalue weighted by Gasteiger charge is 2.17. The van der Waals surface area contributed by atoms with Crippen molar-refractivity contribution in [3.63, 3.8) is 0 Å². The zero-order chi connectivity index (χ0) is 7.65. The summed E-state index contributed by atoms with van der Waals surface area (Å²) in [5.41, 5.74) is -0.197. The minimum absolute atomic E-state index is 0.197. The van der Waals surface area contributed by atoms with Gasteiger partial charge < -0.3 is 0 Å². The van der Waals surface area contributed by atoms with Crippen molar-refractivity contribution >= 4 is 15.2 Å². The van der Waals surface area contributed by atoms with Gasteiger partial charge in [-0.2, -0.15) is 8.42 Å². The highest BCUT2D eigenvalue weighted by molar-refractivity contribution is 8.01. The van der Waals surface area contributed by atoms with Crippen LogP contribution in [0.15, 0.2) is 12.2 Å². The minimum atomic E-state index is -4.54. The Hall–Kier alpha value is -0.680. The molecule has 0 aliphatic carbocycles. The Labute approximate surface area is 52.9 Å². The van der Waals surface area contributed by atoms with Crippen molar-refractivity contribution in [1.29, 1.82) is 0 Å². The van der Waals surface area contributed by atoms with E-state index in [2.05, 4.69) is 6.58 Å². The third-order valence-electron chi connectivity index (χ3n) is 0.583. The first-order valence-electron chi connectivity index (χ1n) is 2.03. The fraction of sp³-hybridized carbons (Fsp3) is 0.250. The van der Waals surface area contributed by atoms with Crippen LogP contribution in [0.5, 0.6) is 0 Å². The number of hydrogen-bond donors (Lipinski definition) is 1. The van der Waals surface area contributed by atoms with Gasteiger partial charge in [-0.15, -0.1) is 0 Å². The van der Waals surface area contributed by atoms with Crippen molar-refractivity contribution in [2.45, 2.75) is 6.92 Å². The summed E-state index contributed by atoms with van der Waals surface area (Å²) in [5.74, 6) is 0. The molecule has 0 unspecified atom stereocenters. The Balaban J connectivity index is 4.66. The first-order valence-corrected chi connectivity index (χ1v) is 3.47. The van der Waals surface area contributed by atoms with E-state index in [0.717, 1.165) is 0 Å². The van der Waals surface area contributed by atoms with Crippen LogP contribution in [0.4, 0.5) is 0 Å². The van der Waals surface area contributed by atoms with Crippen molar-refractivity contribution in [2.24, 2.45) is 0 Å². The van der Waals surface area contributed by atoms with Crippen LogP contribution in [0.3, 0.4) is 0 Å². The summed E-state index contributed by atoms with van der Waals surface area (Å²) in [6, 6.07) is 0. The average Bonchev–Trinajstić information content (AvgIpc) is 1.62. The van der Waals surface area contributed by atoms with Gasteiger partial charge in [-0.3, -0.25) is 9.35 Å². The molecule has 0 saturated carbocycles. The van der Waals surface area contributed by atoms with Gasteiger partial charge in [-0.05, 0) is 6.92 Å². The van der Waals surface area contributed by atoms with E-state index in [-0.39, 0.29) is 5.57 Å². The van der Waals surface area contributed by atoms with Crippen LogP contribution in [-0.2, 0) is 14.9 Å². The molecule has 9 heavy (non-hydrogen) atoms. The van der Waals surface area contributed by atoms with Gasteiger partial charge in [0.1, 0.15) is 0 Å². The molecule has 0 amide bonds. The zero-order valence-electron chi connectivity index (χ0n) is 4.79. The molecule has 0 aromatic carbocycles. The van der Waals surface area contributed by atoms with Crippen molar-refractivity contribution in [3.8, 4) is 0 Å². The molecule has 0 saturated heterocycles. The molecule has 4 nitrogen and oxygen atoms in total. The minimum Gasteiger partial charge on any atom is -0.279 e. The third kappa shape index (κ3) is 2.39. The Kier molecular flexibility index (Phi) is 2.11. The molecular formula is C4H6O4S. The third-order valence-corrected chi connectivity index (χ3v) is 1.40. The smallest absolute Gasteiger partial charge is 0.279 e. The number of carbonyl (C=O) groups is 1. The first-order chi connectivity index (χ1) is 3.85. The molecule has 0 aromatic rings. The van der Waals surface area contributed by atoms with Crippen molar-refractivity contribution in [2.75, 3.05) is 0 Å². The summed E-state index contributed by atoms with van der Waals surface area (Å²) in [4.78, 5) is 10.2. The molecule has 52 valence electrons. The number of hydrogen-bond acceptors (Lipinski definition) is 3. The monoisotopic (exact) mass is 150 g/mol. The summed E-state index contributed by atoms with van der Waals surface area (Å²) in [7, 11) is -4.54. The Bertz CT molecular complexity index is 235. The predicted molar refractivity (Wildman–Crippen MR) is 31.4 cm³/mol. The maximum absolute atomic E-state index is 10.2. The summed E-state index contributed by atoms with van der Waals surface area (Å²) < 4.78 is 27.9. The molecule has 0 fully saturated rings. The maximum atomic E-state index is 10.2. The molecule has 1 N–H and O–H groups in total. The number of carbonyl (C=O) groups excluding carboxylic acids is 1. The van der Waals surface area contributed by atoms with Gasteiger partial charge in [0.15, 0.2) is 0 Å². The lowest BCUT2D eigenvalue weighted by Gasteiger charge is -1.90. The van der Waals surface area contributed by atoms with Gasteiger partial charge in [-0.1, -0.05) is 6.58 Å². The summed E-state index contributed by atoms with van der Waals surface area (Å²) in [6.07, 6.45) is 0. The Morgan fingerprint density at radius 1 is 1.56 bits per heavy atom. The van der Waals surface area contributed by atoms with Gasteiger partial charge in [0.2, 0.25) is 0 Å². The molecule has 0 rings (SSSR count). The highest BCUT2D eigenvalue weighted by atomic mass is 32.2. The zero-order valence-corrected chi connectivity index (χ0v) is 5.60. The molecule has 0 aromatic heterocycles. The summed E-state index contributed by atoms with van der Waals surface area (Å²) >= 11 is 0. The lowest BCUT2D eigenvalue weighted by molar-refractivity contribution is -0.109. The van der Waals surface area contributed by atoms with Gasteiger partial charge in [0.05, 0.1) is 0 Å². The average molecular weight is 150 g/mol. The van der Waals surface area contributed by atoms with E-state index in [4.69, 9.17) is 4.55 Å². The van der Waals surface area contributed by atoms with Crippen LogP contribution in [0.2, 0.25) is 0 Å². The fourth-order valence-corrected chi connectivity index (χ4v) is 0.661.